The molecule has 0 aliphatic heterocycles. The highest BCUT2D eigenvalue weighted by atomic mass is 32.2. The van der Waals surface area contributed by atoms with Crippen molar-refractivity contribution >= 4 is 15.7 Å². The molecule has 0 saturated carbocycles. The molecule has 0 bridgehead atoms. The van der Waals surface area contributed by atoms with Gasteiger partial charge >= 0.3 is 0 Å². The highest BCUT2D eigenvalue weighted by Crippen LogP contribution is 2.14. The summed E-state index contributed by atoms with van der Waals surface area (Å²) in [5.41, 5.74) is 6.62. The lowest BCUT2D eigenvalue weighted by Crippen LogP contribution is -2.49. The van der Waals surface area contributed by atoms with E-state index in [4.69, 9.17) is 5.73 Å². The molecule has 0 aromatic heterocycles. The van der Waals surface area contributed by atoms with E-state index in [1.807, 2.05) is 0 Å². The van der Waals surface area contributed by atoms with Gasteiger partial charge < -0.3 is 16.2 Å². The minimum absolute atomic E-state index is 0.00788. The van der Waals surface area contributed by atoms with Crippen molar-refractivity contribution in [2.24, 2.45) is 5.73 Å². The van der Waals surface area contributed by atoms with Crippen LogP contribution in [0, 0.1) is 0 Å². The Morgan fingerprint density at radius 2 is 1.86 bits per heavy atom. The molecule has 7 heteroatoms. The molecule has 0 fully saturated rings. The Morgan fingerprint density at radius 3 is 2.33 bits per heavy atom. The zero-order valence-electron chi connectivity index (χ0n) is 12.5. The van der Waals surface area contributed by atoms with Crippen LogP contribution in [0.15, 0.2) is 24.3 Å². The van der Waals surface area contributed by atoms with Crippen molar-refractivity contribution in [3.05, 3.63) is 29.8 Å². The SMILES string of the molecule is CC(C)(CNC(=O)C(N)Cc1ccc(O)cc1)S(C)(=O)=O. The van der Waals surface area contributed by atoms with Crippen molar-refractivity contribution < 1.29 is 18.3 Å². The highest BCUT2D eigenvalue weighted by molar-refractivity contribution is 7.92. The number of aromatic hydroxyl groups is 1. The molecule has 21 heavy (non-hydrogen) atoms. The Kier molecular flexibility index (Phi) is 5.36. The van der Waals surface area contributed by atoms with Crippen LogP contribution in [-0.2, 0) is 21.1 Å². The van der Waals surface area contributed by atoms with Gasteiger partial charge in [-0.15, -0.1) is 0 Å². The number of carbonyl (C=O) groups excluding carboxylic acids is 1. The maximum atomic E-state index is 11.9. The third-order valence-corrected chi connectivity index (χ3v) is 5.57. The number of rotatable bonds is 6. The molecule has 0 saturated heterocycles. The second-order valence-electron chi connectivity index (χ2n) is 5.73. The van der Waals surface area contributed by atoms with Crippen LogP contribution in [0.5, 0.6) is 5.75 Å². The third kappa shape index (κ3) is 5.02. The molecule has 1 unspecified atom stereocenters. The molecule has 4 N–H and O–H groups in total. The number of amides is 1. The van der Waals surface area contributed by atoms with Crippen molar-refractivity contribution in [1.82, 2.24) is 5.32 Å². The summed E-state index contributed by atoms with van der Waals surface area (Å²) in [6, 6.07) is 5.63. The molecule has 1 atom stereocenters. The van der Waals surface area contributed by atoms with E-state index in [-0.39, 0.29) is 12.3 Å². The van der Waals surface area contributed by atoms with Gasteiger partial charge in [0.05, 0.1) is 10.8 Å². The molecule has 1 rings (SSSR count). The molecule has 6 nitrogen and oxygen atoms in total. The molecule has 0 heterocycles. The van der Waals surface area contributed by atoms with Crippen LogP contribution < -0.4 is 11.1 Å². The summed E-state index contributed by atoms with van der Waals surface area (Å²) < 4.78 is 22.1. The van der Waals surface area contributed by atoms with Gasteiger partial charge in [0, 0.05) is 12.8 Å². The summed E-state index contributed by atoms with van der Waals surface area (Å²) in [4.78, 5) is 11.9. The lowest BCUT2D eigenvalue weighted by molar-refractivity contribution is -0.122. The average molecular weight is 314 g/mol. The number of carbonyl (C=O) groups is 1. The van der Waals surface area contributed by atoms with Crippen molar-refractivity contribution in [3.63, 3.8) is 0 Å². The second kappa shape index (κ2) is 6.44. The van der Waals surface area contributed by atoms with Gasteiger partial charge in [-0.1, -0.05) is 12.1 Å². The minimum atomic E-state index is -3.27. The van der Waals surface area contributed by atoms with Gasteiger partial charge in [-0.05, 0) is 38.0 Å². The van der Waals surface area contributed by atoms with Gasteiger partial charge in [-0.3, -0.25) is 4.79 Å². The smallest absolute Gasteiger partial charge is 0.237 e. The zero-order valence-corrected chi connectivity index (χ0v) is 13.3. The summed E-state index contributed by atoms with van der Waals surface area (Å²) in [5, 5.41) is 11.8. The first-order chi connectivity index (χ1) is 9.53. The first-order valence-electron chi connectivity index (χ1n) is 6.54. The van der Waals surface area contributed by atoms with Crippen LogP contribution in [0.4, 0.5) is 0 Å². The van der Waals surface area contributed by atoms with Crippen LogP contribution in [-0.4, -0.2) is 43.0 Å². The van der Waals surface area contributed by atoms with E-state index < -0.39 is 26.5 Å². The fourth-order valence-electron chi connectivity index (χ4n) is 1.54. The molecular weight excluding hydrogens is 292 g/mol. The van der Waals surface area contributed by atoms with Gasteiger partial charge in [-0.25, -0.2) is 8.42 Å². The van der Waals surface area contributed by atoms with E-state index in [1.54, 1.807) is 26.0 Å². The lowest BCUT2D eigenvalue weighted by Gasteiger charge is -2.23. The zero-order chi connectivity index (χ0) is 16.3. The molecule has 0 radical (unpaired) electrons. The number of phenolic OH excluding ortho intramolecular Hbond substituents is 1. The number of phenols is 1. The Balaban J connectivity index is 2.58. The fraction of sp³-hybridized carbons (Fsp3) is 0.500. The molecule has 118 valence electrons. The van der Waals surface area contributed by atoms with E-state index in [9.17, 15) is 18.3 Å². The summed E-state index contributed by atoms with van der Waals surface area (Å²) in [6.45, 7) is 3.11. The standard InChI is InChI=1S/C14H22N2O4S/c1-14(2,21(3,19)20)9-16-13(18)12(15)8-10-4-6-11(17)7-5-10/h4-7,12,17H,8-9,15H2,1-3H3,(H,16,18). The van der Waals surface area contributed by atoms with E-state index >= 15 is 0 Å². The number of sulfone groups is 1. The Hall–Kier alpha value is -1.60. The van der Waals surface area contributed by atoms with E-state index in [1.165, 1.54) is 12.1 Å². The normalized spacial score (nSPS) is 13.7. The largest absolute Gasteiger partial charge is 0.508 e. The first kappa shape index (κ1) is 17.5. The molecule has 1 aromatic carbocycles. The number of hydrogen-bond acceptors (Lipinski definition) is 5. The van der Waals surface area contributed by atoms with Gasteiger partial charge in [-0.2, -0.15) is 0 Å². The topological polar surface area (TPSA) is 109 Å². The lowest BCUT2D eigenvalue weighted by atomic mass is 10.1. The van der Waals surface area contributed by atoms with Crippen LogP contribution in [0.3, 0.4) is 0 Å². The maximum absolute atomic E-state index is 11.9. The van der Waals surface area contributed by atoms with Crippen molar-refractivity contribution in [1.29, 1.82) is 0 Å². The van der Waals surface area contributed by atoms with Crippen LogP contribution in [0.25, 0.3) is 0 Å². The average Bonchev–Trinajstić information content (AvgIpc) is 2.37. The fourth-order valence-corrected chi connectivity index (χ4v) is 1.88. The predicted octanol–water partition coefficient (Wildman–Crippen LogP) is 0.201. The summed E-state index contributed by atoms with van der Waals surface area (Å²) in [5.74, 6) is -0.258. The Bertz CT molecular complexity index is 594. The van der Waals surface area contributed by atoms with Crippen LogP contribution in [0.1, 0.15) is 19.4 Å². The third-order valence-electron chi connectivity index (χ3n) is 3.42. The molecule has 1 aromatic rings. The molecule has 1 amide bonds. The number of nitrogens with one attached hydrogen (secondary N) is 1. The van der Waals surface area contributed by atoms with Crippen LogP contribution >= 0.6 is 0 Å². The summed E-state index contributed by atoms with van der Waals surface area (Å²) >= 11 is 0. The first-order valence-corrected chi connectivity index (χ1v) is 8.43. The van der Waals surface area contributed by atoms with Crippen molar-refractivity contribution in [2.45, 2.75) is 31.1 Å². The molecule has 0 spiro atoms. The van der Waals surface area contributed by atoms with Gasteiger partial charge in [0.25, 0.3) is 0 Å². The second-order valence-corrected chi connectivity index (χ2v) is 8.38. The van der Waals surface area contributed by atoms with Crippen molar-refractivity contribution in [2.75, 3.05) is 12.8 Å². The minimum Gasteiger partial charge on any atom is -0.508 e. The van der Waals surface area contributed by atoms with Gasteiger partial charge in [0.1, 0.15) is 5.75 Å². The number of nitrogens with two attached hydrogens (primary N) is 1. The van der Waals surface area contributed by atoms with E-state index in [0.29, 0.717) is 6.42 Å². The summed E-state index contributed by atoms with van der Waals surface area (Å²) in [6.07, 6.45) is 1.45. The van der Waals surface area contributed by atoms with Gasteiger partial charge in [0.15, 0.2) is 9.84 Å². The van der Waals surface area contributed by atoms with Crippen molar-refractivity contribution in [3.8, 4) is 5.75 Å². The number of benzene rings is 1. The van der Waals surface area contributed by atoms with Gasteiger partial charge in [0.2, 0.25) is 5.91 Å². The Labute approximate surface area is 125 Å². The maximum Gasteiger partial charge on any atom is 0.237 e. The predicted molar refractivity (Wildman–Crippen MR) is 81.7 cm³/mol. The molecule has 0 aliphatic carbocycles. The Morgan fingerprint density at radius 1 is 1.33 bits per heavy atom. The van der Waals surface area contributed by atoms with E-state index in [0.717, 1.165) is 11.8 Å². The van der Waals surface area contributed by atoms with E-state index in [2.05, 4.69) is 5.32 Å². The highest BCUT2D eigenvalue weighted by Gasteiger charge is 2.31. The van der Waals surface area contributed by atoms with Crippen LogP contribution in [0.2, 0.25) is 0 Å². The monoisotopic (exact) mass is 314 g/mol. The summed E-state index contributed by atoms with van der Waals surface area (Å²) in [7, 11) is -3.27. The molecule has 0 aliphatic rings. The number of hydrogen-bond donors (Lipinski definition) is 3. The quantitative estimate of drug-likeness (QED) is 0.695. The molecular formula is C14H22N2O4S.